The summed E-state index contributed by atoms with van der Waals surface area (Å²) in [5, 5.41) is 3.42. The summed E-state index contributed by atoms with van der Waals surface area (Å²) in [5.41, 5.74) is 7.11. The Bertz CT molecular complexity index is 306. The molecule has 0 bridgehead atoms. The van der Waals surface area contributed by atoms with Crippen LogP contribution in [-0.4, -0.2) is 19.3 Å². The van der Waals surface area contributed by atoms with Gasteiger partial charge in [-0.2, -0.15) is 0 Å². The van der Waals surface area contributed by atoms with Crippen molar-refractivity contribution in [2.24, 2.45) is 11.1 Å². The fraction of sp³-hybridized carbons (Fsp3) is 0.538. The molecule has 0 saturated carbocycles. The Balaban J connectivity index is 2.37. The van der Waals surface area contributed by atoms with Crippen LogP contribution in [0.3, 0.4) is 0 Å². The molecule has 0 amide bonds. The van der Waals surface area contributed by atoms with Crippen LogP contribution in [0.25, 0.3) is 0 Å². The SMILES string of the molecule is CSc1ccc(NCCC(C)(C)CN)cc1. The first-order valence-electron chi connectivity index (χ1n) is 5.65. The molecular weight excluding hydrogens is 216 g/mol. The number of benzene rings is 1. The number of anilines is 1. The molecule has 0 unspecified atom stereocenters. The van der Waals surface area contributed by atoms with E-state index < -0.39 is 0 Å². The molecule has 1 rings (SSSR count). The molecule has 0 spiro atoms. The molecule has 0 heterocycles. The van der Waals surface area contributed by atoms with Crippen molar-refractivity contribution in [3.05, 3.63) is 24.3 Å². The monoisotopic (exact) mass is 238 g/mol. The predicted molar refractivity (Wildman–Crippen MR) is 74.2 cm³/mol. The number of hydrogen-bond acceptors (Lipinski definition) is 3. The maximum Gasteiger partial charge on any atom is 0.0340 e. The second-order valence-corrected chi connectivity index (χ2v) is 5.65. The zero-order chi connectivity index (χ0) is 12.0. The van der Waals surface area contributed by atoms with E-state index in [9.17, 15) is 0 Å². The van der Waals surface area contributed by atoms with Crippen LogP contribution in [-0.2, 0) is 0 Å². The first kappa shape index (κ1) is 13.4. The molecule has 0 aromatic heterocycles. The van der Waals surface area contributed by atoms with Crippen LogP contribution in [0, 0.1) is 5.41 Å². The van der Waals surface area contributed by atoms with E-state index in [1.165, 1.54) is 10.6 Å². The lowest BCUT2D eigenvalue weighted by atomic mass is 9.90. The third kappa shape index (κ3) is 4.45. The molecule has 1 aromatic carbocycles. The van der Waals surface area contributed by atoms with Crippen LogP contribution in [0.2, 0.25) is 0 Å². The van der Waals surface area contributed by atoms with Gasteiger partial charge in [0.15, 0.2) is 0 Å². The fourth-order valence-electron chi connectivity index (χ4n) is 1.36. The Kier molecular flexibility index (Phi) is 5.16. The minimum atomic E-state index is 0.228. The van der Waals surface area contributed by atoms with E-state index in [0.29, 0.717) is 0 Å². The minimum absolute atomic E-state index is 0.228. The topological polar surface area (TPSA) is 38.0 Å². The van der Waals surface area contributed by atoms with Crippen LogP contribution in [0.4, 0.5) is 5.69 Å². The molecule has 0 atom stereocenters. The summed E-state index contributed by atoms with van der Waals surface area (Å²) in [6.07, 6.45) is 3.18. The molecule has 0 aliphatic carbocycles. The molecule has 1 aromatic rings. The van der Waals surface area contributed by atoms with Gasteiger partial charge in [0.2, 0.25) is 0 Å². The normalized spacial score (nSPS) is 11.5. The van der Waals surface area contributed by atoms with Crippen LogP contribution < -0.4 is 11.1 Å². The van der Waals surface area contributed by atoms with E-state index in [2.05, 4.69) is 49.7 Å². The molecule has 3 N–H and O–H groups in total. The summed E-state index contributed by atoms with van der Waals surface area (Å²) in [6, 6.07) is 8.53. The van der Waals surface area contributed by atoms with Gasteiger partial charge in [0.1, 0.15) is 0 Å². The number of thioether (sulfide) groups is 1. The first-order valence-corrected chi connectivity index (χ1v) is 6.88. The molecule has 0 aliphatic rings. The van der Waals surface area contributed by atoms with Crippen molar-refractivity contribution < 1.29 is 0 Å². The average Bonchev–Trinajstić information content (AvgIpc) is 2.30. The second kappa shape index (κ2) is 6.16. The van der Waals surface area contributed by atoms with Crippen molar-refractivity contribution >= 4 is 17.4 Å². The van der Waals surface area contributed by atoms with Gasteiger partial charge in [-0.15, -0.1) is 11.8 Å². The standard InChI is InChI=1S/C13H22N2S/c1-13(2,10-14)8-9-15-11-4-6-12(16-3)7-5-11/h4-7,15H,8-10,14H2,1-3H3. The van der Waals surface area contributed by atoms with Gasteiger partial charge >= 0.3 is 0 Å². The molecule has 3 heteroatoms. The first-order chi connectivity index (χ1) is 7.57. The third-order valence-electron chi connectivity index (χ3n) is 2.77. The van der Waals surface area contributed by atoms with E-state index in [-0.39, 0.29) is 5.41 Å². The van der Waals surface area contributed by atoms with Gasteiger partial charge in [-0.3, -0.25) is 0 Å². The van der Waals surface area contributed by atoms with Gasteiger partial charge < -0.3 is 11.1 Å². The number of nitrogens with two attached hydrogens (primary N) is 1. The summed E-state index contributed by atoms with van der Waals surface area (Å²) < 4.78 is 0. The van der Waals surface area contributed by atoms with Gasteiger partial charge in [0.05, 0.1) is 0 Å². The van der Waals surface area contributed by atoms with E-state index in [1.54, 1.807) is 11.8 Å². The summed E-state index contributed by atoms with van der Waals surface area (Å²) in [6.45, 7) is 6.11. The zero-order valence-electron chi connectivity index (χ0n) is 10.4. The summed E-state index contributed by atoms with van der Waals surface area (Å²) in [5.74, 6) is 0. The lowest BCUT2D eigenvalue weighted by Gasteiger charge is -2.22. The Morgan fingerprint density at radius 2 is 1.88 bits per heavy atom. The van der Waals surface area contributed by atoms with Gasteiger partial charge in [0.25, 0.3) is 0 Å². The van der Waals surface area contributed by atoms with E-state index >= 15 is 0 Å². The Morgan fingerprint density at radius 1 is 1.25 bits per heavy atom. The maximum absolute atomic E-state index is 5.69. The van der Waals surface area contributed by atoms with Crippen LogP contribution in [0.15, 0.2) is 29.2 Å². The van der Waals surface area contributed by atoms with Gasteiger partial charge in [0, 0.05) is 17.1 Å². The second-order valence-electron chi connectivity index (χ2n) is 4.77. The summed E-state index contributed by atoms with van der Waals surface area (Å²) >= 11 is 1.76. The Labute approximate surface area is 103 Å². The quantitative estimate of drug-likeness (QED) is 0.747. The highest BCUT2D eigenvalue weighted by atomic mass is 32.2. The largest absolute Gasteiger partial charge is 0.385 e. The summed E-state index contributed by atoms with van der Waals surface area (Å²) in [4.78, 5) is 1.30. The van der Waals surface area contributed by atoms with Crippen molar-refractivity contribution in [3.63, 3.8) is 0 Å². The molecule has 0 saturated heterocycles. The summed E-state index contributed by atoms with van der Waals surface area (Å²) in [7, 11) is 0. The van der Waals surface area contributed by atoms with Crippen LogP contribution in [0.1, 0.15) is 20.3 Å². The van der Waals surface area contributed by atoms with Gasteiger partial charge in [-0.05, 0) is 48.9 Å². The zero-order valence-corrected chi connectivity index (χ0v) is 11.2. The number of hydrogen-bond donors (Lipinski definition) is 2. The molecular formula is C13H22N2S. The van der Waals surface area contributed by atoms with Crippen molar-refractivity contribution in [2.45, 2.75) is 25.2 Å². The Morgan fingerprint density at radius 3 is 2.38 bits per heavy atom. The number of rotatable bonds is 6. The molecule has 0 radical (unpaired) electrons. The lowest BCUT2D eigenvalue weighted by Crippen LogP contribution is -2.26. The maximum atomic E-state index is 5.69. The predicted octanol–water partition coefficient (Wildman–Crippen LogP) is 3.20. The van der Waals surface area contributed by atoms with Gasteiger partial charge in [-0.25, -0.2) is 0 Å². The fourth-order valence-corrected chi connectivity index (χ4v) is 1.76. The highest BCUT2D eigenvalue weighted by Crippen LogP contribution is 2.20. The lowest BCUT2D eigenvalue weighted by molar-refractivity contribution is 0.358. The average molecular weight is 238 g/mol. The molecule has 2 nitrogen and oxygen atoms in total. The van der Waals surface area contributed by atoms with Gasteiger partial charge in [-0.1, -0.05) is 13.8 Å². The molecule has 90 valence electrons. The van der Waals surface area contributed by atoms with Crippen LogP contribution >= 0.6 is 11.8 Å². The molecule has 16 heavy (non-hydrogen) atoms. The Hall–Kier alpha value is -0.670. The van der Waals surface area contributed by atoms with E-state index in [4.69, 9.17) is 5.73 Å². The molecule has 0 fully saturated rings. The number of nitrogens with one attached hydrogen (secondary N) is 1. The van der Waals surface area contributed by atoms with Crippen LogP contribution in [0.5, 0.6) is 0 Å². The highest BCUT2D eigenvalue weighted by Gasteiger charge is 2.14. The van der Waals surface area contributed by atoms with Crippen molar-refractivity contribution in [1.82, 2.24) is 0 Å². The smallest absolute Gasteiger partial charge is 0.0340 e. The van der Waals surface area contributed by atoms with Crippen molar-refractivity contribution in [2.75, 3.05) is 24.7 Å². The van der Waals surface area contributed by atoms with Crippen molar-refractivity contribution in [3.8, 4) is 0 Å². The minimum Gasteiger partial charge on any atom is -0.385 e. The molecule has 0 aliphatic heterocycles. The highest BCUT2D eigenvalue weighted by molar-refractivity contribution is 7.98. The van der Waals surface area contributed by atoms with E-state index in [0.717, 1.165) is 19.5 Å². The van der Waals surface area contributed by atoms with Crippen molar-refractivity contribution in [1.29, 1.82) is 0 Å². The third-order valence-corrected chi connectivity index (χ3v) is 3.52. The van der Waals surface area contributed by atoms with E-state index in [1.807, 2.05) is 0 Å².